The van der Waals surface area contributed by atoms with E-state index in [1.54, 1.807) is 49.9 Å². The van der Waals surface area contributed by atoms with Gasteiger partial charge in [-0.3, -0.25) is 9.59 Å². The first kappa shape index (κ1) is 19.0. The molecule has 0 unspecified atom stereocenters. The summed E-state index contributed by atoms with van der Waals surface area (Å²) in [7, 11) is 0. The summed E-state index contributed by atoms with van der Waals surface area (Å²) in [6.45, 7) is 7.30. The average Bonchev–Trinajstić information content (AvgIpc) is 3.01. The van der Waals surface area contributed by atoms with Crippen LogP contribution in [0.1, 0.15) is 52.1 Å². The number of hydrogen-bond acceptors (Lipinski definition) is 4. The normalized spacial score (nSPS) is 18.6. The van der Waals surface area contributed by atoms with Crippen LogP contribution in [-0.4, -0.2) is 40.9 Å². The number of Topliss-reactive ketones (excluding diaryl/α,β-unsaturated/α-hetero) is 1. The van der Waals surface area contributed by atoms with Gasteiger partial charge in [0, 0.05) is 6.54 Å². The molecule has 1 aliphatic rings. The van der Waals surface area contributed by atoms with Crippen molar-refractivity contribution in [2.45, 2.75) is 58.2 Å². The van der Waals surface area contributed by atoms with Gasteiger partial charge in [-0.25, -0.2) is 4.79 Å². The Morgan fingerprint density at radius 1 is 1.20 bits per heavy atom. The van der Waals surface area contributed by atoms with Crippen molar-refractivity contribution in [3.8, 4) is 0 Å². The summed E-state index contributed by atoms with van der Waals surface area (Å²) in [6.07, 6.45) is 0.784. The van der Waals surface area contributed by atoms with Crippen molar-refractivity contribution in [3.63, 3.8) is 0 Å². The number of hydrogen-bond donors (Lipinski definition) is 1. The van der Waals surface area contributed by atoms with Crippen molar-refractivity contribution in [2.24, 2.45) is 0 Å². The number of ether oxygens (including phenoxy) is 1. The van der Waals surface area contributed by atoms with E-state index in [4.69, 9.17) is 4.74 Å². The molecule has 1 aliphatic heterocycles. The fourth-order valence-electron chi connectivity index (χ4n) is 2.98. The summed E-state index contributed by atoms with van der Waals surface area (Å²) >= 11 is 0. The van der Waals surface area contributed by atoms with Crippen LogP contribution in [0, 0.1) is 0 Å². The first-order valence-corrected chi connectivity index (χ1v) is 8.54. The van der Waals surface area contributed by atoms with Crippen molar-refractivity contribution in [1.82, 2.24) is 10.2 Å². The van der Waals surface area contributed by atoms with Gasteiger partial charge in [0.15, 0.2) is 5.78 Å². The standard InChI is InChI=1S/C19H26N2O4/c1-13(22)15-11-8-12-21(15)17(23)16(14-9-6-5-7-10-14)20-18(24)25-19(2,3)4/h5-7,9-10,15-16H,8,11-12H2,1-4H3,(H,20,24)/t15-,16-/m0/s1. The lowest BCUT2D eigenvalue weighted by molar-refractivity contribution is -0.138. The van der Waals surface area contributed by atoms with Gasteiger partial charge in [-0.15, -0.1) is 0 Å². The van der Waals surface area contributed by atoms with Gasteiger partial charge in [0.1, 0.15) is 11.6 Å². The predicted octanol–water partition coefficient (Wildman–Crippen LogP) is 2.83. The Balaban J connectivity index is 2.24. The van der Waals surface area contributed by atoms with Gasteiger partial charge < -0.3 is 15.0 Å². The van der Waals surface area contributed by atoms with E-state index in [0.717, 1.165) is 6.42 Å². The van der Waals surface area contributed by atoms with Crippen LogP contribution in [0.15, 0.2) is 30.3 Å². The highest BCUT2D eigenvalue weighted by atomic mass is 16.6. The van der Waals surface area contributed by atoms with Gasteiger partial charge in [-0.05, 0) is 46.1 Å². The van der Waals surface area contributed by atoms with Crippen molar-refractivity contribution < 1.29 is 19.1 Å². The predicted molar refractivity (Wildman–Crippen MR) is 94.0 cm³/mol. The van der Waals surface area contributed by atoms with Crippen LogP contribution >= 0.6 is 0 Å². The molecule has 2 amide bonds. The average molecular weight is 346 g/mol. The van der Waals surface area contributed by atoms with Gasteiger partial charge >= 0.3 is 6.09 Å². The number of nitrogens with one attached hydrogen (secondary N) is 1. The summed E-state index contributed by atoms with van der Waals surface area (Å²) in [5.74, 6) is -0.315. The Labute approximate surface area is 148 Å². The molecule has 25 heavy (non-hydrogen) atoms. The monoisotopic (exact) mass is 346 g/mol. The van der Waals surface area contributed by atoms with E-state index in [9.17, 15) is 14.4 Å². The first-order chi connectivity index (χ1) is 11.7. The summed E-state index contributed by atoms with van der Waals surface area (Å²) in [6, 6.07) is 7.71. The van der Waals surface area contributed by atoms with Crippen LogP contribution < -0.4 is 5.32 Å². The molecule has 6 nitrogen and oxygen atoms in total. The zero-order valence-electron chi connectivity index (χ0n) is 15.2. The second-order valence-electron chi connectivity index (χ2n) is 7.29. The van der Waals surface area contributed by atoms with Crippen LogP contribution in [0.25, 0.3) is 0 Å². The molecule has 1 aromatic carbocycles. The quantitative estimate of drug-likeness (QED) is 0.909. The number of amides is 2. The Hall–Kier alpha value is -2.37. The summed E-state index contributed by atoms with van der Waals surface area (Å²) in [4.78, 5) is 38.7. The molecule has 0 bridgehead atoms. The number of rotatable bonds is 4. The Kier molecular flexibility index (Phi) is 5.82. The maximum atomic E-state index is 13.1. The second kappa shape index (κ2) is 7.68. The molecule has 1 saturated heterocycles. The molecular formula is C19H26N2O4. The van der Waals surface area contributed by atoms with Crippen LogP contribution in [-0.2, 0) is 14.3 Å². The van der Waals surface area contributed by atoms with Crippen molar-refractivity contribution in [1.29, 1.82) is 0 Å². The lowest BCUT2D eigenvalue weighted by Crippen LogP contribution is -2.47. The van der Waals surface area contributed by atoms with Gasteiger partial charge in [0.05, 0.1) is 6.04 Å². The molecule has 0 saturated carbocycles. The van der Waals surface area contributed by atoms with Crippen molar-refractivity contribution in [3.05, 3.63) is 35.9 Å². The van der Waals surface area contributed by atoms with E-state index in [-0.39, 0.29) is 11.7 Å². The molecule has 1 aromatic rings. The van der Waals surface area contributed by atoms with Gasteiger partial charge in [0.25, 0.3) is 5.91 Å². The van der Waals surface area contributed by atoms with Crippen LogP contribution in [0.3, 0.4) is 0 Å². The lowest BCUT2D eigenvalue weighted by atomic mass is 10.0. The van der Waals surface area contributed by atoms with E-state index >= 15 is 0 Å². The number of alkyl carbamates (subject to hydrolysis) is 1. The number of benzene rings is 1. The fraction of sp³-hybridized carbons (Fsp3) is 0.526. The summed E-state index contributed by atoms with van der Waals surface area (Å²) in [5.41, 5.74) is -0.00299. The van der Waals surface area contributed by atoms with Crippen LogP contribution in [0.2, 0.25) is 0 Å². The smallest absolute Gasteiger partial charge is 0.408 e. The molecule has 1 heterocycles. The zero-order valence-corrected chi connectivity index (χ0v) is 15.2. The molecule has 0 spiro atoms. The molecule has 1 N–H and O–H groups in total. The minimum absolute atomic E-state index is 0.0325. The topological polar surface area (TPSA) is 75.7 Å². The molecule has 6 heteroatoms. The molecule has 2 atom stereocenters. The first-order valence-electron chi connectivity index (χ1n) is 8.54. The number of ketones is 1. The highest BCUT2D eigenvalue weighted by Gasteiger charge is 2.37. The third kappa shape index (κ3) is 5.05. The largest absolute Gasteiger partial charge is 0.444 e. The maximum Gasteiger partial charge on any atom is 0.408 e. The van der Waals surface area contributed by atoms with E-state index in [0.29, 0.717) is 18.5 Å². The third-order valence-corrected chi connectivity index (χ3v) is 4.05. The van der Waals surface area contributed by atoms with Crippen molar-refractivity contribution in [2.75, 3.05) is 6.54 Å². The maximum absolute atomic E-state index is 13.1. The molecule has 2 rings (SSSR count). The second-order valence-corrected chi connectivity index (χ2v) is 7.29. The van der Waals surface area contributed by atoms with E-state index in [1.165, 1.54) is 6.92 Å². The fourth-order valence-corrected chi connectivity index (χ4v) is 2.98. The molecule has 0 aromatic heterocycles. The highest BCUT2D eigenvalue weighted by molar-refractivity contribution is 5.92. The number of nitrogens with zero attached hydrogens (tertiary/aromatic N) is 1. The molecule has 0 radical (unpaired) electrons. The van der Waals surface area contributed by atoms with Gasteiger partial charge in [-0.1, -0.05) is 30.3 Å². The molecule has 136 valence electrons. The summed E-state index contributed by atoms with van der Waals surface area (Å²) in [5, 5.41) is 2.66. The number of carbonyl (C=O) groups is 3. The van der Waals surface area contributed by atoms with E-state index in [1.807, 2.05) is 6.07 Å². The van der Waals surface area contributed by atoms with Crippen molar-refractivity contribution >= 4 is 17.8 Å². The minimum atomic E-state index is -0.879. The SMILES string of the molecule is CC(=O)[C@@H]1CCCN1C(=O)[C@@H](NC(=O)OC(C)(C)C)c1ccccc1. The van der Waals surface area contributed by atoms with E-state index < -0.39 is 23.8 Å². The molecule has 1 fully saturated rings. The Morgan fingerprint density at radius 2 is 1.84 bits per heavy atom. The lowest BCUT2D eigenvalue weighted by Gasteiger charge is -2.29. The van der Waals surface area contributed by atoms with E-state index in [2.05, 4.69) is 5.32 Å². The third-order valence-electron chi connectivity index (χ3n) is 4.05. The number of carbonyl (C=O) groups excluding carboxylic acids is 3. The van der Waals surface area contributed by atoms with Gasteiger partial charge in [0.2, 0.25) is 0 Å². The highest BCUT2D eigenvalue weighted by Crippen LogP contribution is 2.24. The Morgan fingerprint density at radius 3 is 2.40 bits per heavy atom. The number of likely N-dealkylation sites (tertiary alicyclic amines) is 1. The molecular weight excluding hydrogens is 320 g/mol. The van der Waals surface area contributed by atoms with Crippen LogP contribution in [0.4, 0.5) is 4.79 Å². The minimum Gasteiger partial charge on any atom is -0.444 e. The molecule has 0 aliphatic carbocycles. The van der Waals surface area contributed by atoms with Gasteiger partial charge in [-0.2, -0.15) is 0 Å². The van der Waals surface area contributed by atoms with Crippen LogP contribution in [0.5, 0.6) is 0 Å². The summed E-state index contributed by atoms with van der Waals surface area (Å²) < 4.78 is 5.29. The Bertz CT molecular complexity index is 637. The zero-order chi connectivity index (χ0) is 18.6.